The predicted octanol–water partition coefficient (Wildman–Crippen LogP) is 1.86. The van der Waals surface area contributed by atoms with Crippen molar-refractivity contribution in [3.8, 4) is 5.75 Å². The molecule has 108 valence electrons. The van der Waals surface area contributed by atoms with Crippen molar-refractivity contribution in [3.63, 3.8) is 0 Å². The van der Waals surface area contributed by atoms with Crippen molar-refractivity contribution in [3.05, 3.63) is 29.8 Å². The molecule has 1 atom stereocenters. The molecule has 1 rings (SSSR count). The molecule has 19 heavy (non-hydrogen) atoms. The number of amides is 1. The Labute approximate surface area is 121 Å². The van der Waals surface area contributed by atoms with Crippen LogP contribution in [0.15, 0.2) is 24.3 Å². The second kappa shape index (κ2) is 8.77. The molecule has 1 aromatic rings. The van der Waals surface area contributed by atoms with Crippen molar-refractivity contribution in [1.82, 2.24) is 10.2 Å². The maximum Gasteiger partial charge on any atom is 0.263 e. The number of hydrogen-bond donors (Lipinski definition) is 1. The first-order valence-electron chi connectivity index (χ1n) is 6.17. The molecular formula is C14H23ClN2O2. The highest BCUT2D eigenvalue weighted by atomic mass is 35.5. The number of carbonyl (C=O) groups is 1. The van der Waals surface area contributed by atoms with E-state index in [1.165, 1.54) is 5.56 Å². The molecule has 0 bridgehead atoms. The SMILES string of the molecule is CNCCN(C)C(=O)C(C)Oc1ccc(C)cc1.Cl. The van der Waals surface area contributed by atoms with Gasteiger partial charge in [-0.15, -0.1) is 12.4 Å². The lowest BCUT2D eigenvalue weighted by Gasteiger charge is -2.22. The Balaban J connectivity index is 0.00000324. The minimum Gasteiger partial charge on any atom is -0.481 e. The first-order chi connectivity index (χ1) is 8.54. The number of aryl methyl sites for hydroxylation is 1. The summed E-state index contributed by atoms with van der Waals surface area (Å²) < 4.78 is 5.62. The van der Waals surface area contributed by atoms with E-state index in [4.69, 9.17) is 4.74 Å². The number of halogens is 1. The van der Waals surface area contributed by atoms with Gasteiger partial charge in [0.25, 0.3) is 5.91 Å². The van der Waals surface area contributed by atoms with Gasteiger partial charge in [-0.3, -0.25) is 4.79 Å². The van der Waals surface area contributed by atoms with Gasteiger partial charge in [0.1, 0.15) is 5.75 Å². The normalized spacial score (nSPS) is 11.4. The van der Waals surface area contributed by atoms with Crippen molar-refractivity contribution in [2.45, 2.75) is 20.0 Å². The third-order valence-corrected chi connectivity index (χ3v) is 2.76. The monoisotopic (exact) mass is 286 g/mol. The van der Waals surface area contributed by atoms with Gasteiger partial charge in [-0.25, -0.2) is 0 Å². The van der Waals surface area contributed by atoms with E-state index in [1.54, 1.807) is 18.9 Å². The third-order valence-electron chi connectivity index (χ3n) is 2.76. The smallest absolute Gasteiger partial charge is 0.263 e. The van der Waals surface area contributed by atoms with Gasteiger partial charge in [0.15, 0.2) is 6.10 Å². The summed E-state index contributed by atoms with van der Waals surface area (Å²) in [6.45, 7) is 5.25. The van der Waals surface area contributed by atoms with Gasteiger partial charge >= 0.3 is 0 Å². The zero-order valence-corrected chi connectivity index (χ0v) is 12.8. The number of likely N-dealkylation sites (N-methyl/N-ethyl adjacent to an activating group) is 2. The molecule has 5 heteroatoms. The number of benzene rings is 1. The summed E-state index contributed by atoms with van der Waals surface area (Å²) in [5, 5.41) is 3.01. The van der Waals surface area contributed by atoms with Crippen LogP contribution in [0.4, 0.5) is 0 Å². The molecule has 0 heterocycles. The quantitative estimate of drug-likeness (QED) is 0.868. The van der Waals surface area contributed by atoms with E-state index in [-0.39, 0.29) is 18.3 Å². The Morgan fingerprint density at radius 3 is 2.47 bits per heavy atom. The van der Waals surface area contributed by atoms with E-state index in [2.05, 4.69) is 5.32 Å². The Morgan fingerprint density at radius 2 is 1.95 bits per heavy atom. The molecule has 0 radical (unpaired) electrons. The fourth-order valence-corrected chi connectivity index (χ4v) is 1.57. The summed E-state index contributed by atoms with van der Waals surface area (Å²) in [4.78, 5) is 13.7. The topological polar surface area (TPSA) is 41.6 Å². The molecule has 1 unspecified atom stereocenters. The molecule has 0 aliphatic heterocycles. The Bertz CT molecular complexity index is 382. The van der Waals surface area contributed by atoms with Crippen LogP contribution in [0.5, 0.6) is 5.75 Å². The minimum atomic E-state index is -0.463. The molecule has 0 aliphatic carbocycles. The van der Waals surface area contributed by atoms with Crippen molar-refractivity contribution in [2.75, 3.05) is 27.2 Å². The molecule has 1 aromatic carbocycles. The standard InChI is InChI=1S/C14H22N2O2.ClH/c1-11-5-7-13(8-6-11)18-12(2)14(17)16(4)10-9-15-3;/h5-8,12,15H,9-10H2,1-4H3;1H. The van der Waals surface area contributed by atoms with Gasteiger partial charge < -0.3 is 15.0 Å². The number of hydrogen-bond acceptors (Lipinski definition) is 3. The number of ether oxygens (including phenoxy) is 1. The average Bonchev–Trinajstić information content (AvgIpc) is 2.37. The number of nitrogens with one attached hydrogen (secondary N) is 1. The highest BCUT2D eigenvalue weighted by molar-refractivity contribution is 5.85. The van der Waals surface area contributed by atoms with E-state index < -0.39 is 6.10 Å². The highest BCUT2D eigenvalue weighted by Gasteiger charge is 2.18. The Hall–Kier alpha value is -1.26. The zero-order valence-electron chi connectivity index (χ0n) is 12.0. The molecule has 4 nitrogen and oxygen atoms in total. The molecule has 1 amide bonds. The molecule has 0 spiro atoms. The summed E-state index contributed by atoms with van der Waals surface area (Å²) in [6.07, 6.45) is -0.463. The van der Waals surface area contributed by atoms with Crippen LogP contribution in [0.2, 0.25) is 0 Å². The van der Waals surface area contributed by atoms with E-state index >= 15 is 0 Å². The van der Waals surface area contributed by atoms with Crippen molar-refractivity contribution >= 4 is 18.3 Å². The Kier molecular flexibility index (Phi) is 8.19. The zero-order chi connectivity index (χ0) is 13.5. The van der Waals surface area contributed by atoms with Crippen molar-refractivity contribution < 1.29 is 9.53 Å². The van der Waals surface area contributed by atoms with Gasteiger partial charge in [0, 0.05) is 20.1 Å². The first-order valence-corrected chi connectivity index (χ1v) is 6.17. The summed E-state index contributed by atoms with van der Waals surface area (Å²) in [7, 11) is 3.65. The van der Waals surface area contributed by atoms with Gasteiger partial charge in [-0.1, -0.05) is 17.7 Å². The number of carbonyl (C=O) groups excluding carboxylic acids is 1. The second-order valence-corrected chi connectivity index (χ2v) is 4.44. The molecule has 0 aromatic heterocycles. The van der Waals surface area contributed by atoms with Gasteiger partial charge in [-0.05, 0) is 33.0 Å². The van der Waals surface area contributed by atoms with Crippen LogP contribution in [-0.2, 0) is 4.79 Å². The largest absolute Gasteiger partial charge is 0.481 e. The van der Waals surface area contributed by atoms with Crippen LogP contribution in [0, 0.1) is 6.92 Å². The molecular weight excluding hydrogens is 264 g/mol. The molecule has 0 aliphatic rings. The molecule has 0 saturated heterocycles. The molecule has 1 N–H and O–H groups in total. The number of nitrogens with zero attached hydrogens (tertiary/aromatic N) is 1. The summed E-state index contributed by atoms with van der Waals surface area (Å²) in [5.74, 6) is 0.717. The highest BCUT2D eigenvalue weighted by Crippen LogP contribution is 2.13. The van der Waals surface area contributed by atoms with Gasteiger partial charge in [0.2, 0.25) is 0 Å². The van der Waals surface area contributed by atoms with Gasteiger partial charge in [0.05, 0.1) is 0 Å². The average molecular weight is 287 g/mol. The fourth-order valence-electron chi connectivity index (χ4n) is 1.57. The van der Waals surface area contributed by atoms with Crippen LogP contribution in [0.25, 0.3) is 0 Å². The minimum absolute atomic E-state index is 0. The van der Waals surface area contributed by atoms with Crippen LogP contribution < -0.4 is 10.1 Å². The van der Waals surface area contributed by atoms with Crippen LogP contribution >= 0.6 is 12.4 Å². The van der Waals surface area contributed by atoms with E-state index in [9.17, 15) is 4.79 Å². The van der Waals surface area contributed by atoms with E-state index in [0.29, 0.717) is 6.54 Å². The van der Waals surface area contributed by atoms with Crippen molar-refractivity contribution in [1.29, 1.82) is 0 Å². The second-order valence-electron chi connectivity index (χ2n) is 4.44. The summed E-state index contributed by atoms with van der Waals surface area (Å²) in [6, 6.07) is 7.70. The summed E-state index contributed by atoms with van der Waals surface area (Å²) in [5.41, 5.74) is 1.17. The molecule has 0 fully saturated rings. The van der Waals surface area contributed by atoms with Crippen LogP contribution in [0.3, 0.4) is 0 Å². The van der Waals surface area contributed by atoms with Gasteiger partial charge in [-0.2, -0.15) is 0 Å². The maximum absolute atomic E-state index is 12.0. The lowest BCUT2D eigenvalue weighted by atomic mass is 10.2. The van der Waals surface area contributed by atoms with E-state index in [0.717, 1.165) is 12.3 Å². The Morgan fingerprint density at radius 1 is 1.37 bits per heavy atom. The van der Waals surface area contributed by atoms with Crippen molar-refractivity contribution in [2.24, 2.45) is 0 Å². The third kappa shape index (κ3) is 5.94. The fraction of sp³-hybridized carbons (Fsp3) is 0.500. The number of rotatable bonds is 6. The maximum atomic E-state index is 12.0. The van der Waals surface area contributed by atoms with Crippen LogP contribution in [0.1, 0.15) is 12.5 Å². The van der Waals surface area contributed by atoms with E-state index in [1.807, 2.05) is 38.2 Å². The first kappa shape index (κ1) is 17.7. The lowest BCUT2D eigenvalue weighted by Crippen LogP contribution is -2.40. The molecule has 0 saturated carbocycles. The lowest BCUT2D eigenvalue weighted by molar-refractivity contribution is -0.136. The predicted molar refractivity (Wildman–Crippen MR) is 80.1 cm³/mol. The summed E-state index contributed by atoms with van der Waals surface area (Å²) >= 11 is 0. The van der Waals surface area contributed by atoms with Crippen LogP contribution in [-0.4, -0.2) is 44.1 Å².